The van der Waals surface area contributed by atoms with Gasteiger partial charge in [0.15, 0.2) is 0 Å². The minimum absolute atomic E-state index is 0.407. The van der Waals surface area contributed by atoms with E-state index in [9.17, 15) is 0 Å². The van der Waals surface area contributed by atoms with E-state index in [1.807, 2.05) is 0 Å². The molecular weight excluding hydrogens is 136 g/mol. The number of hydrogen-bond acceptors (Lipinski definition) is 2. The first-order valence-corrected chi connectivity index (χ1v) is 4.18. The fourth-order valence-electron chi connectivity index (χ4n) is 1.59. The zero-order chi connectivity index (χ0) is 8.27. The minimum Gasteiger partial charge on any atom is -0.326 e. The number of hydrogen-bond donors (Lipinski definition) is 2. The highest BCUT2D eigenvalue weighted by molar-refractivity contribution is 5.86. The summed E-state index contributed by atoms with van der Waals surface area (Å²) in [6.07, 6.45) is 6.48. The van der Waals surface area contributed by atoms with E-state index in [4.69, 9.17) is 11.1 Å². The Labute approximate surface area is 68.0 Å². The third-order valence-corrected chi connectivity index (χ3v) is 2.42. The van der Waals surface area contributed by atoms with Gasteiger partial charge >= 0.3 is 0 Å². The third-order valence-electron chi connectivity index (χ3n) is 2.42. The molecule has 1 unspecified atom stereocenters. The normalized spacial score (nSPS) is 30.4. The Kier molecular flexibility index (Phi) is 2.83. The predicted molar refractivity (Wildman–Crippen MR) is 47.8 cm³/mol. The van der Waals surface area contributed by atoms with E-state index in [1.165, 1.54) is 0 Å². The van der Waals surface area contributed by atoms with Gasteiger partial charge in [-0.3, -0.25) is 0 Å². The lowest BCUT2D eigenvalue weighted by molar-refractivity contribution is 0.440. The van der Waals surface area contributed by atoms with Crippen molar-refractivity contribution in [1.29, 1.82) is 5.41 Å². The summed E-state index contributed by atoms with van der Waals surface area (Å²) in [7, 11) is 0. The summed E-state index contributed by atoms with van der Waals surface area (Å²) in [5, 5.41) is 7.60. The molecule has 0 spiro atoms. The summed E-state index contributed by atoms with van der Waals surface area (Å²) in [4.78, 5) is 0. The van der Waals surface area contributed by atoms with Crippen molar-refractivity contribution in [3.05, 3.63) is 12.2 Å². The molecule has 0 saturated carbocycles. The summed E-state index contributed by atoms with van der Waals surface area (Å²) >= 11 is 0. The van der Waals surface area contributed by atoms with Crippen molar-refractivity contribution in [3.8, 4) is 0 Å². The van der Waals surface area contributed by atoms with Crippen LogP contribution in [0, 0.1) is 17.2 Å². The quantitative estimate of drug-likeness (QED) is 0.458. The van der Waals surface area contributed by atoms with Crippen molar-refractivity contribution in [3.63, 3.8) is 0 Å². The van der Waals surface area contributed by atoms with Gasteiger partial charge in [0.1, 0.15) is 0 Å². The lowest BCUT2D eigenvalue weighted by Crippen LogP contribution is -2.28. The molecule has 0 aromatic rings. The van der Waals surface area contributed by atoms with Crippen LogP contribution in [0.5, 0.6) is 0 Å². The van der Waals surface area contributed by atoms with Gasteiger partial charge in [-0.05, 0) is 18.8 Å². The molecule has 1 aliphatic rings. The van der Waals surface area contributed by atoms with Crippen LogP contribution in [0.3, 0.4) is 0 Å². The van der Waals surface area contributed by atoms with Crippen LogP contribution in [-0.2, 0) is 0 Å². The first-order valence-electron chi connectivity index (χ1n) is 4.18. The molecule has 1 rings (SSSR count). The molecule has 0 amide bonds. The topological polar surface area (TPSA) is 49.9 Å². The van der Waals surface area contributed by atoms with Gasteiger partial charge in [-0.25, -0.2) is 0 Å². The SMILES string of the molecule is C[C@H]1CC=CCC1C(=N)CN. The molecule has 62 valence electrons. The van der Waals surface area contributed by atoms with Crippen molar-refractivity contribution in [2.45, 2.75) is 19.8 Å². The molecule has 0 aromatic heterocycles. The van der Waals surface area contributed by atoms with Crippen LogP contribution in [0.2, 0.25) is 0 Å². The van der Waals surface area contributed by atoms with Crippen LogP contribution in [-0.4, -0.2) is 12.3 Å². The molecule has 0 heterocycles. The number of nitrogens with two attached hydrogens (primary N) is 1. The predicted octanol–water partition coefficient (Wildman–Crippen LogP) is 1.57. The Balaban J connectivity index is 2.56. The Morgan fingerprint density at radius 3 is 2.73 bits per heavy atom. The monoisotopic (exact) mass is 152 g/mol. The summed E-state index contributed by atoms with van der Waals surface area (Å²) in [5.74, 6) is 1.01. The molecular formula is C9H16N2. The van der Waals surface area contributed by atoms with Crippen molar-refractivity contribution >= 4 is 5.71 Å². The highest BCUT2D eigenvalue weighted by Crippen LogP contribution is 2.25. The highest BCUT2D eigenvalue weighted by atomic mass is 14.6. The van der Waals surface area contributed by atoms with Gasteiger partial charge in [0.05, 0.1) is 0 Å². The largest absolute Gasteiger partial charge is 0.326 e. The molecule has 0 aromatic carbocycles. The van der Waals surface area contributed by atoms with E-state index in [-0.39, 0.29) is 0 Å². The Hall–Kier alpha value is -0.630. The van der Waals surface area contributed by atoms with E-state index in [0.29, 0.717) is 24.1 Å². The maximum Gasteiger partial charge on any atom is 0.0310 e. The summed E-state index contributed by atoms with van der Waals surface area (Å²) in [5.41, 5.74) is 6.13. The van der Waals surface area contributed by atoms with E-state index in [0.717, 1.165) is 12.8 Å². The molecule has 2 heteroatoms. The summed E-state index contributed by atoms with van der Waals surface area (Å²) in [6.45, 7) is 2.61. The first-order chi connectivity index (χ1) is 5.25. The highest BCUT2D eigenvalue weighted by Gasteiger charge is 2.20. The van der Waals surface area contributed by atoms with Crippen molar-refractivity contribution in [2.75, 3.05) is 6.54 Å². The van der Waals surface area contributed by atoms with Gasteiger partial charge in [-0.2, -0.15) is 0 Å². The third kappa shape index (κ3) is 1.90. The van der Waals surface area contributed by atoms with Gasteiger partial charge in [0.25, 0.3) is 0 Å². The summed E-state index contributed by atoms with van der Waals surface area (Å²) in [6, 6.07) is 0. The Bertz CT molecular complexity index is 172. The fourth-order valence-corrected chi connectivity index (χ4v) is 1.59. The maximum atomic E-state index is 7.60. The lowest BCUT2D eigenvalue weighted by Gasteiger charge is -2.25. The Morgan fingerprint density at radius 2 is 2.18 bits per heavy atom. The molecule has 1 aliphatic carbocycles. The molecule has 2 nitrogen and oxygen atoms in total. The van der Waals surface area contributed by atoms with E-state index >= 15 is 0 Å². The average Bonchev–Trinajstić information content (AvgIpc) is 2.04. The second-order valence-electron chi connectivity index (χ2n) is 3.26. The minimum atomic E-state index is 0.407. The molecule has 0 bridgehead atoms. The smallest absolute Gasteiger partial charge is 0.0310 e. The zero-order valence-electron chi connectivity index (χ0n) is 7.01. The van der Waals surface area contributed by atoms with Crippen molar-refractivity contribution in [1.82, 2.24) is 0 Å². The standard InChI is InChI=1S/C9H16N2/c1-7-4-2-3-5-8(7)9(11)6-10/h2-3,7-8,11H,4-6,10H2,1H3/t7-,8?/m0/s1. The molecule has 3 N–H and O–H groups in total. The van der Waals surface area contributed by atoms with Crippen LogP contribution < -0.4 is 5.73 Å². The van der Waals surface area contributed by atoms with Gasteiger partial charge in [0.2, 0.25) is 0 Å². The van der Waals surface area contributed by atoms with Gasteiger partial charge in [-0.1, -0.05) is 19.1 Å². The van der Waals surface area contributed by atoms with Crippen molar-refractivity contribution in [2.24, 2.45) is 17.6 Å². The van der Waals surface area contributed by atoms with Gasteiger partial charge in [0, 0.05) is 18.2 Å². The number of allylic oxidation sites excluding steroid dienone is 2. The Morgan fingerprint density at radius 1 is 1.55 bits per heavy atom. The molecule has 2 atom stereocenters. The first kappa shape index (κ1) is 8.47. The zero-order valence-corrected chi connectivity index (χ0v) is 7.01. The molecule has 0 radical (unpaired) electrons. The summed E-state index contributed by atoms with van der Waals surface area (Å²) < 4.78 is 0. The van der Waals surface area contributed by atoms with Crippen LogP contribution in [0.25, 0.3) is 0 Å². The molecule has 0 aliphatic heterocycles. The average molecular weight is 152 g/mol. The maximum absolute atomic E-state index is 7.60. The fraction of sp³-hybridized carbons (Fsp3) is 0.667. The van der Waals surface area contributed by atoms with Gasteiger partial charge in [-0.15, -0.1) is 0 Å². The second-order valence-corrected chi connectivity index (χ2v) is 3.26. The van der Waals surface area contributed by atoms with Crippen LogP contribution >= 0.6 is 0 Å². The van der Waals surface area contributed by atoms with Crippen LogP contribution in [0.4, 0.5) is 0 Å². The second kappa shape index (κ2) is 3.67. The van der Waals surface area contributed by atoms with E-state index in [1.54, 1.807) is 0 Å². The van der Waals surface area contributed by atoms with Crippen LogP contribution in [0.15, 0.2) is 12.2 Å². The number of nitrogens with one attached hydrogen (secondary N) is 1. The van der Waals surface area contributed by atoms with Gasteiger partial charge < -0.3 is 11.1 Å². The number of rotatable bonds is 2. The lowest BCUT2D eigenvalue weighted by atomic mass is 9.81. The molecule has 11 heavy (non-hydrogen) atoms. The molecule has 0 fully saturated rings. The van der Waals surface area contributed by atoms with Crippen molar-refractivity contribution < 1.29 is 0 Å². The van der Waals surface area contributed by atoms with E-state index < -0.39 is 0 Å². The van der Waals surface area contributed by atoms with Crippen LogP contribution in [0.1, 0.15) is 19.8 Å². The van der Waals surface area contributed by atoms with E-state index in [2.05, 4.69) is 19.1 Å². The molecule has 0 saturated heterocycles.